The van der Waals surface area contributed by atoms with Gasteiger partial charge in [0.2, 0.25) is 11.8 Å². The van der Waals surface area contributed by atoms with Gasteiger partial charge in [-0.15, -0.1) is 11.3 Å². The number of piperidine rings is 1. The van der Waals surface area contributed by atoms with Crippen LogP contribution in [-0.4, -0.2) is 56.8 Å². The molecule has 5 rings (SSSR count). The Morgan fingerprint density at radius 1 is 1.03 bits per heavy atom. The van der Waals surface area contributed by atoms with Crippen molar-refractivity contribution in [3.63, 3.8) is 0 Å². The molecule has 3 aromatic rings. The molecular weight excluding hydrogens is 494 g/mol. The topological polar surface area (TPSA) is 69.6 Å². The molecule has 0 N–H and O–H groups in total. The van der Waals surface area contributed by atoms with Crippen LogP contribution in [0.15, 0.2) is 54.2 Å². The SMILES string of the molecule is CCC(=O)N1CCC2CCCC(CN(C(=O)Cc3csc(C)n3)Cc3ccccc31)N2Cc1ccncc1. The Labute approximate surface area is 229 Å². The summed E-state index contributed by atoms with van der Waals surface area (Å²) < 4.78 is 0. The summed E-state index contributed by atoms with van der Waals surface area (Å²) in [5.41, 5.74) is 4.01. The van der Waals surface area contributed by atoms with E-state index in [-0.39, 0.29) is 17.9 Å². The Morgan fingerprint density at radius 3 is 2.58 bits per heavy atom. The molecule has 0 saturated carbocycles. The van der Waals surface area contributed by atoms with Gasteiger partial charge in [0.05, 0.1) is 17.1 Å². The summed E-state index contributed by atoms with van der Waals surface area (Å²) in [5, 5.41) is 2.96. The number of carbonyl (C=O) groups excluding carboxylic acids is 2. The quantitative estimate of drug-likeness (QED) is 0.464. The van der Waals surface area contributed by atoms with Crippen molar-refractivity contribution in [2.24, 2.45) is 0 Å². The van der Waals surface area contributed by atoms with Crippen LogP contribution in [-0.2, 0) is 29.1 Å². The maximum Gasteiger partial charge on any atom is 0.228 e. The van der Waals surface area contributed by atoms with E-state index in [0.717, 1.165) is 54.2 Å². The van der Waals surface area contributed by atoms with Gasteiger partial charge in [-0.25, -0.2) is 4.98 Å². The van der Waals surface area contributed by atoms with Crippen LogP contribution < -0.4 is 4.90 Å². The molecule has 1 saturated heterocycles. The van der Waals surface area contributed by atoms with Gasteiger partial charge in [-0.3, -0.25) is 19.5 Å². The Bertz CT molecular complexity index is 1250. The van der Waals surface area contributed by atoms with E-state index in [1.807, 2.05) is 59.6 Å². The van der Waals surface area contributed by atoms with Crippen molar-refractivity contribution in [2.45, 2.75) is 77.5 Å². The van der Waals surface area contributed by atoms with Gasteiger partial charge in [-0.2, -0.15) is 0 Å². The van der Waals surface area contributed by atoms with Gasteiger partial charge in [0, 0.05) is 68.1 Å². The zero-order valence-corrected chi connectivity index (χ0v) is 23.2. The molecule has 0 radical (unpaired) electrons. The number of rotatable bonds is 5. The summed E-state index contributed by atoms with van der Waals surface area (Å²) in [7, 11) is 0. The van der Waals surface area contributed by atoms with E-state index < -0.39 is 0 Å². The number of pyridine rings is 1. The number of aryl methyl sites for hydroxylation is 1. The molecule has 2 aliphatic heterocycles. The highest BCUT2D eigenvalue weighted by Crippen LogP contribution is 2.32. The van der Waals surface area contributed by atoms with Crippen LogP contribution in [0.25, 0.3) is 0 Å². The van der Waals surface area contributed by atoms with E-state index in [2.05, 4.69) is 33.1 Å². The molecule has 2 aliphatic rings. The van der Waals surface area contributed by atoms with E-state index in [1.54, 1.807) is 11.3 Å². The molecule has 2 bridgehead atoms. The van der Waals surface area contributed by atoms with Crippen LogP contribution in [0.4, 0.5) is 5.69 Å². The van der Waals surface area contributed by atoms with E-state index in [4.69, 9.17) is 0 Å². The fourth-order valence-corrected chi connectivity index (χ4v) is 6.52. The normalized spacial score (nSPS) is 20.5. The van der Waals surface area contributed by atoms with Gasteiger partial charge in [-0.1, -0.05) is 31.5 Å². The molecule has 4 heterocycles. The Morgan fingerprint density at radius 2 is 1.82 bits per heavy atom. The summed E-state index contributed by atoms with van der Waals surface area (Å²) in [6, 6.07) is 12.9. The minimum Gasteiger partial charge on any atom is -0.336 e. The van der Waals surface area contributed by atoms with E-state index >= 15 is 0 Å². The van der Waals surface area contributed by atoms with Crippen molar-refractivity contribution >= 4 is 28.8 Å². The van der Waals surface area contributed by atoms with Gasteiger partial charge in [-0.05, 0) is 55.5 Å². The second-order valence-corrected chi connectivity index (χ2v) is 11.5. The van der Waals surface area contributed by atoms with Crippen molar-refractivity contribution in [1.82, 2.24) is 19.8 Å². The molecule has 2 amide bonds. The lowest BCUT2D eigenvalue weighted by Crippen LogP contribution is -2.52. The Kier molecular flexibility index (Phi) is 8.49. The first-order valence-corrected chi connectivity index (χ1v) is 14.6. The van der Waals surface area contributed by atoms with Crippen molar-refractivity contribution in [1.29, 1.82) is 0 Å². The minimum atomic E-state index is 0.0868. The standard InChI is InChI=1S/C30H37N5O2S/c1-3-29(36)34-16-13-26-8-6-9-27(35(26)18-23-11-14-31-15-12-23)20-33(19-24-7-4-5-10-28(24)34)30(37)17-25-21-38-22(2)32-25/h4-5,7,10-12,14-15,21,26-27H,3,6,8-9,13,16-20H2,1-2H3. The van der Waals surface area contributed by atoms with Gasteiger partial charge in [0.25, 0.3) is 0 Å². The highest BCUT2D eigenvalue weighted by atomic mass is 32.1. The Hall–Kier alpha value is -3.10. The van der Waals surface area contributed by atoms with Crippen molar-refractivity contribution in [3.8, 4) is 0 Å². The number of nitrogens with zero attached hydrogens (tertiary/aromatic N) is 5. The fourth-order valence-electron chi connectivity index (χ4n) is 5.91. The van der Waals surface area contributed by atoms with Crippen LogP contribution in [0.3, 0.4) is 0 Å². The average Bonchev–Trinajstić information content (AvgIpc) is 3.34. The zero-order chi connectivity index (χ0) is 26.5. The second-order valence-electron chi connectivity index (χ2n) is 10.4. The second kappa shape index (κ2) is 12.2. The molecule has 8 heteroatoms. The number of amides is 2. The maximum atomic E-state index is 13.8. The number of hydrogen-bond donors (Lipinski definition) is 0. The molecule has 0 aliphatic carbocycles. The van der Waals surface area contributed by atoms with E-state index in [0.29, 0.717) is 38.5 Å². The minimum absolute atomic E-state index is 0.0868. The number of benzene rings is 1. The summed E-state index contributed by atoms with van der Waals surface area (Å²) >= 11 is 1.58. The van der Waals surface area contributed by atoms with Gasteiger partial charge in [0.15, 0.2) is 0 Å². The summed E-state index contributed by atoms with van der Waals surface area (Å²) in [6.45, 7) is 6.55. The van der Waals surface area contributed by atoms with Crippen LogP contribution >= 0.6 is 11.3 Å². The first kappa shape index (κ1) is 26.5. The number of carbonyl (C=O) groups is 2. The number of aromatic nitrogens is 2. The monoisotopic (exact) mass is 531 g/mol. The van der Waals surface area contributed by atoms with Crippen molar-refractivity contribution in [3.05, 3.63) is 76.0 Å². The lowest BCUT2D eigenvalue weighted by atomic mass is 9.92. The highest BCUT2D eigenvalue weighted by Gasteiger charge is 2.34. The van der Waals surface area contributed by atoms with Gasteiger partial charge < -0.3 is 9.80 Å². The first-order chi connectivity index (χ1) is 18.5. The molecule has 200 valence electrons. The molecule has 2 unspecified atom stereocenters. The van der Waals surface area contributed by atoms with Crippen LogP contribution in [0, 0.1) is 6.92 Å². The number of para-hydroxylation sites is 1. The molecule has 0 spiro atoms. The smallest absolute Gasteiger partial charge is 0.228 e. The Balaban J connectivity index is 1.52. The number of thiazole rings is 1. The first-order valence-electron chi connectivity index (χ1n) is 13.7. The summed E-state index contributed by atoms with van der Waals surface area (Å²) in [6.07, 6.45) is 8.64. The fraction of sp³-hybridized carbons (Fsp3) is 0.467. The lowest BCUT2D eigenvalue weighted by Gasteiger charge is -2.44. The third kappa shape index (κ3) is 6.13. The number of anilines is 1. The third-order valence-corrected chi connectivity index (χ3v) is 8.67. The van der Waals surface area contributed by atoms with Gasteiger partial charge in [0.1, 0.15) is 0 Å². The third-order valence-electron chi connectivity index (χ3n) is 7.84. The molecule has 2 aromatic heterocycles. The largest absolute Gasteiger partial charge is 0.336 e. The number of hydrogen-bond acceptors (Lipinski definition) is 6. The molecule has 1 fully saturated rings. The van der Waals surface area contributed by atoms with Crippen LogP contribution in [0.1, 0.15) is 60.9 Å². The van der Waals surface area contributed by atoms with Gasteiger partial charge >= 0.3 is 0 Å². The van der Waals surface area contributed by atoms with Crippen molar-refractivity contribution in [2.75, 3.05) is 18.0 Å². The molecule has 1 aromatic carbocycles. The highest BCUT2D eigenvalue weighted by molar-refractivity contribution is 7.09. The molecule has 2 atom stereocenters. The average molecular weight is 532 g/mol. The van der Waals surface area contributed by atoms with Crippen LogP contribution in [0.2, 0.25) is 0 Å². The predicted octanol–water partition coefficient (Wildman–Crippen LogP) is 4.99. The zero-order valence-electron chi connectivity index (χ0n) is 22.4. The summed E-state index contributed by atoms with van der Waals surface area (Å²) in [4.78, 5) is 42.3. The molecular formula is C30H37N5O2S. The van der Waals surface area contributed by atoms with Crippen LogP contribution in [0.5, 0.6) is 0 Å². The number of fused-ring (bicyclic) bond motifs is 3. The van der Waals surface area contributed by atoms with E-state index in [1.165, 1.54) is 5.56 Å². The predicted molar refractivity (Wildman–Crippen MR) is 151 cm³/mol. The maximum absolute atomic E-state index is 13.8. The lowest BCUT2D eigenvalue weighted by molar-refractivity contribution is -0.132. The molecule has 38 heavy (non-hydrogen) atoms. The van der Waals surface area contributed by atoms with Crippen molar-refractivity contribution < 1.29 is 9.59 Å². The van der Waals surface area contributed by atoms with E-state index in [9.17, 15) is 9.59 Å². The molecule has 7 nitrogen and oxygen atoms in total. The summed E-state index contributed by atoms with van der Waals surface area (Å²) in [5.74, 6) is 0.212.